The van der Waals surface area contributed by atoms with Gasteiger partial charge in [0.1, 0.15) is 0 Å². The molecule has 110 valence electrons. The van der Waals surface area contributed by atoms with Crippen molar-refractivity contribution < 1.29 is 19.8 Å². The van der Waals surface area contributed by atoms with Gasteiger partial charge >= 0.3 is 12.0 Å². The van der Waals surface area contributed by atoms with Gasteiger partial charge in [-0.15, -0.1) is 0 Å². The molecule has 19 heavy (non-hydrogen) atoms. The maximum atomic E-state index is 11.9. The number of carbonyl (C=O) groups excluding carboxylic acids is 1. The number of carboxylic acid groups (broad SMARTS) is 1. The third-order valence-electron chi connectivity index (χ3n) is 3.58. The van der Waals surface area contributed by atoms with Crippen molar-refractivity contribution in [1.82, 2.24) is 10.2 Å². The van der Waals surface area contributed by atoms with E-state index in [1.165, 1.54) is 0 Å². The number of hydrogen-bond donors (Lipinski definition) is 3. The Bertz CT molecular complexity index is 309. The first kappa shape index (κ1) is 15.8. The number of aliphatic carboxylic acids is 1. The Morgan fingerprint density at radius 2 is 2.21 bits per heavy atom. The van der Waals surface area contributed by atoms with Gasteiger partial charge in [-0.3, -0.25) is 4.79 Å². The first-order chi connectivity index (χ1) is 9.04. The third kappa shape index (κ3) is 5.46. The fourth-order valence-electron chi connectivity index (χ4n) is 2.24. The van der Waals surface area contributed by atoms with Crippen molar-refractivity contribution in [2.24, 2.45) is 11.8 Å². The molecule has 0 spiro atoms. The van der Waals surface area contributed by atoms with Crippen molar-refractivity contribution in [3.63, 3.8) is 0 Å². The SMILES string of the molecule is CC(CCCNC(=O)N1CCCC(CO)C1)C(=O)O. The van der Waals surface area contributed by atoms with Gasteiger partial charge in [-0.05, 0) is 31.6 Å². The molecule has 3 N–H and O–H groups in total. The second-order valence-corrected chi connectivity index (χ2v) is 5.25. The zero-order valence-electron chi connectivity index (χ0n) is 11.5. The Morgan fingerprint density at radius 1 is 1.47 bits per heavy atom. The number of nitrogens with one attached hydrogen (secondary N) is 1. The van der Waals surface area contributed by atoms with Gasteiger partial charge in [0.25, 0.3) is 0 Å². The highest BCUT2D eigenvalue weighted by molar-refractivity contribution is 5.74. The molecule has 0 aliphatic carbocycles. The molecule has 0 saturated carbocycles. The summed E-state index contributed by atoms with van der Waals surface area (Å²) in [6, 6.07) is -0.110. The quantitative estimate of drug-likeness (QED) is 0.627. The maximum absolute atomic E-state index is 11.9. The number of nitrogens with zero attached hydrogens (tertiary/aromatic N) is 1. The lowest BCUT2D eigenvalue weighted by Gasteiger charge is -2.31. The molecule has 6 heteroatoms. The topological polar surface area (TPSA) is 89.9 Å². The molecule has 1 aliphatic heterocycles. The van der Waals surface area contributed by atoms with Gasteiger partial charge in [0, 0.05) is 26.2 Å². The summed E-state index contributed by atoms with van der Waals surface area (Å²) in [4.78, 5) is 24.2. The summed E-state index contributed by atoms with van der Waals surface area (Å²) in [5.74, 6) is -0.981. The van der Waals surface area contributed by atoms with Crippen molar-refractivity contribution in [1.29, 1.82) is 0 Å². The van der Waals surface area contributed by atoms with E-state index in [0.717, 1.165) is 19.4 Å². The molecule has 1 rings (SSSR count). The summed E-state index contributed by atoms with van der Waals surface area (Å²) < 4.78 is 0. The van der Waals surface area contributed by atoms with Crippen LogP contribution in [0.3, 0.4) is 0 Å². The van der Waals surface area contributed by atoms with E-state index in [4.69, 9.17) is 10.2 Å². The molecule has 2 atom stereocenters. The van der Waals surface area contributed by atoms with Crippen LogP contribution in [-0.2, 0) is 4.79 Å². The van der Waals surface area contributed by atoms with Gasteiger partial charge in [0.2, 0.25) is 0 Å². The minimum absolute atomic E-state index is 0.110. The van der Waals surface area contributed by atoms with Crippen molar-refractivity contribution in [3.8, 4) is 0 Å². The second kappa shape index (κ2) is 7.99. The number of aliphatic hydroxyl groups is 1. The molecular weight excluding hydrogens is 248 g/mol. The molecule has 1 heterocycles. The number of likely N-dealkylation sites (tertiary alicyclic amines) is 1. The van der Waals surface area contributed by atoms with Gasteiger partial charge in [-0.1, -0.05) is 6.92 Å². The minimum Gasteiger partial charge on any atom is -0.481 e. The molecule has 0 bridgehead atoms. The number of amides is 2. The van der Waals surface area contributed by atoms with E-state index >= 15 is 0 Å². The zero-order valence-corrected chi connectivity index (χ0v) is 11.5. The van der Waals surface area contributed by atoms with Crippen LogP contribution >= 0.6 is 0 Å². The Morgan fingerprint density at radius 3 is 2.84 bits per heavy atom. The molecular formula is C13H24N2O4. The van der Waals surface area contributed by atoms with Crippen LogP contribution in [-0.4, -0.2) is 53.4 Å². The first-order valence-corrected chi connectivity index (χ1v) is 6.91. The highest BCUT2D eigenvalue weighted by atomic mass is 16.4. The van der Waals surface area contributed by atoms with E-state index in [2.05, 4.69) is 5.32 Å². The van der Waals surface area contributed by atoms with Crippen LogP contribution in [0.25, 0.3) is 0 Å². The Kier molecular flexibility index (Phi) is 6.62. The normalized spacial score (nSPS) is 20.9. The molecule has 0 aromatic rings. The standard InChI is InChI=1S/C13H24N2O4/c1-10(12(17)18)4-2-6-14-13(19)15-7-3-5-11(8-15)9-16/h10-11,16H,2-9H2,1H3,(H,14,19)(H,17,18). The van der Waals surface area contributed by atoms with E-state index in [-0.39, 0.29) is 24.5 Å². The van der Waals surface area contributed by atoms with Crippen LogP contribution < -0.4 is 5.32 Å². The maximum Gasteiger partial charge on any atom is 0.317 e. The first-order valence-electron chi connectivity index (χ1n) is 6.91. The van der Waals surface area contributed by atoms with E-state index in [0.29, 0.717) is 25.9 Å². The van der Waals surface area contributed by atoms with Crippen LogP contribution in [0.15, 0.2) is 0 Å². The summed E-state index contributed by atoms with van der Waals surface area (Å²) in [5.41, 5.74) is 0. The lowest BCUT2D eigenvalue weighted by Crippen LogP contribution is -2.46. The molecule has 2 amide bonds. The summed E-state index contributed by atoms with van der Waals surface area (Å²) in [5, 5.41) is 20.6. The summed E-state index contributed by atoms with van der Waals surface area (Å²) >= 11 is 0. The lowest BCUT2D eigenvalue weighted by molar-refractivity contribution is -0.141. The minimum atomic E-state index is -0.798. The Labute approximate surface area is 113 Å². The van der Waals surface area contributed by atoms with Gasteiger partial charge in [0.15, 0.2) is 0 Å². The predicted molar refractivity (Wildman–Crippen MR) is 70.8 cm³/mol. The number of aliphatic hydroxyl groups excluding tert-OH is 1. The fraction of sp³-hybridized carbons (Fsp3) is 0.846. The smallest absolute Gasteiger partial charge is 0.317 e. The highest BCUT2D eigenvalue weighted by Crippen LogP contribution is 2.15. The van der Waals surface area contributed by atoms with Crippen LogP contribution in [0.2, 0.25) is 0 Å². The summed E-state index contributed by atoms with van der Waals surface area (Å²) in [6.45, 7) is 3.62. The van der Waals surface area contributed by atoms with E-state index < -0.39 is 5.97 Å². The summed E-state index contributed by atoms with van der Waals surface area (Å²) in [7, 11) is 0. The molecule has 0 radical (unpaired) electrons. The van der Waals surface area contributed by atoms with Crippen LogP contribution in [0, 0.1) is 11.8 Å². The number of carbonyl (C=O) groups is 2. The average Bonchev–Trinajstić information content (AvgIpc) is 2.42. The van der Waals surface area contributed by atoms with Crippen LogP contribution in [0.1, 0.15) is 32.6 Å². The van der Waals surface area contributed by atoms with Gasteiger partial charge < -0.3 is 20.4 Å². The molecule has 0 aromatic carbocycles. The van der Waals surface area contributed by atoms with Gasteiger partial charge in [0.05, 0.1) is 5.92 Å². The largest absolute Gasteiger partial charge is 0.481 e. The number of urea groups is 1. The molecule has 1 saturated heterocycles. The molecule has 1 fully saturated rings. The van der Waals surface area contributed by atoms with E-state index in [1.807, 2.05) is 0 Å². The molecule has 6 nitrogen and oxygen atoms in total. The Hall–Kier alpha value is -1.30. The molecule has 0 aromatic heterocycles. The van der Waals surface area contributed by atoms with Gasteiger partial charge in [-0.25, -0.2) is 4.79 Å². The number of rotatable bonds is 6. The monoisotopic (exact) mass is 272 g/mol. The van der Waals surface area contributed by atoms with Crippen LogP contribution in [0.5, 0.6) is 0 Å². The number of carboxylic acids is 1. The Balaban J connectivity index is 2.18. The third-order valence-corrected chi connectivity index (χ3v) is 3.58. The summed E-state index contributed by atoms with van der Waals surface area (Å²) in [6.07, 6.45) is 3.12. The highest BCUT2D eigenvalue weighted by Gasteiger charge is 2.22. The molecule has 2 unspecified atom stereocenters. The zero-order chi connectivity index (χ0) is 14.3. The van der Waals surface area contributed by atoms with Crippen molar-refractivity contribution in [3.05, 3.63) is 0 Å². The van der Waals surface area contributed by atoms with Crippen molar-refractivity contribution in [2.75, 3.05) is 26.2 Å². The van der Waals surface area contributed by atoms with Crippen molar-refractivity contribution in [2.45, 2.75) is 32.6 Å². The second-order valence-electron chi connectivity index (χ2n) is 5.25. The van der Waals surface area contributed by atoms with Gasteiger partial charge in [-0.2, -0.15) is 0 Å². The lowest BCUT2D eigenvalue weighted by atomic mass is 9.99. The van der Waals surface area contributed by atoms with E-state index in [9.17, 15) is 9.59 Å². The predicted octanol–water partition coefficient (Wildman–Crippen LogP) is 0.901. The molecule has 1 aliphatic rings. The number of hydrogen-bond acceptors (Lipinski definition) is 3. The fourth-order valence-corrected chi connectivity index (χ4v) is 2.24. The van der Waals surface area contributed by atoms with Crippen molar-refractivity contribution >= 4 is 12.0 Å². The van der Waals surface area contributed by atoms with Crippen LogP contribution in [0.4, 0.5) is 4.79 Å². The van der Waals surface area contributed by atoms with E-state index in [1.54, 1.807) is 11.8 Å². The average molecular weight is 272 g/mol. The number of piperidine rings is 1.